The average Bonchev–Trinajstić information content (AvgIpc) is 3.18. The van der Waals surface area contributed by atoms with Crippen LogP contribution in [0.25, 0.3) is 11.0 Å². The largest absolute Gasteiger partial charge is 0.356 e. The number of hydrogen-bond donors (Lipinski definition) is 1. The van der Waals surface area contributed by atoms with Gasteiger partial charge in [0.2, 0.25) is 0 Å². The molecule has 3 atom stereocenters. The molecule has 0 spiro atoms. The third-order valence-corrected chi connectivity index (χ3v) is 9.09. The Hall–Kier alpha value is -2.50. The highest BCUT2D eigenvalue weighted by Gasteiger charge is 2.33. The second-order valence-electron chi connectivity index (χ2n) is 8.95. The summed E-state index contributed by atoms with van der Waals surface area (Å²) in [4.78, 5) is 10.9. The van der Waals surface area contributed by atoms with Crippen molar-refractivity contribution in [3.8, 4) is 0 Å². The second-order valence-corrected chi connectivity index (χ2v) is 12.3. The van der Waals surface area contributed by atoms with Crippen molar-refractivity contribution in [1.82, 2.24) is 13.9 Å². The van der Waals surface area contributed by atoms with Crippen LogP contribution in [0.1, 0.15) is 31.7 Å². The van der Waals surface area contributed by atoms with Crippen LogP contribution in [0, 0.1) is 18.8 Å². The molecule has 1 N–H and O–H groups in total. The van der Waals surface area contributed by atoms with E-state index in [1.165, 1.54) is 16.5 Å². The number of benzene rings is 1. The van der Waals surface area contributed by atoms with Crippen LogP contribution in [0.3, 0.4) is 0 Å². The standard InChI is InChI=1S/C22H28N4O5S2/c1-15-4-7-18(8-5-15)33(30,31)26-11-10-19-21(23-14-24-22(19)26)25(3)20-9-6-17(12-16(20)2)13-32(27,28)29/h4-5,7-8,10-11,14,16-17,20H,6,9,12-13H2,1-3H3,(H,27,28,29)/t16-,17+,20+/m0/s1. The first-order chi connectivity index (χ1) is 15.5. The van der Waals surface area contributed by atoms with E-state index in [0.717, 1.165) is 12.0 Å². The zero-order valence-corrected chi connectivity index (χ0v) is 20.4. The molecular formula is C22H28N4O5S2. The summed E-state index contributed by atoms with van der Waals surface area (Å²) in [6, 6.07) is 8.48. The van der Waals surface area contributed by atoms with E-state index >= 15 is 0 Å². The first kappa shape index (κ1) is 23.7. The van der Waals surface area contributed by atoms with Crippen molar-refractivity contribution in [2.45, 2.75) is 44.0 Å². The van der Waals surface area contributed by atoms with Gasteiger partial charge in [-0.1, -0.05) is 24.6 Å². The number of hydrogen-bond acceptors (Lipinski definition) is 7. The summed E-state index contributed by atoms with van der Waals surface area (Å²) in [5, 5.41) is 0.628. The highest BCUT2D eigenvalue weighted by Crippen LogP contribution is 2.36. The highest BCUT2D eigenvalue weighted by atomic mass is 32.2. The van der Waals surface area contributed by atoms with Gasteiger partial charge in [0.15, 0.2) is 5.65 Å². The summed E-state index contributed by atoms with van der Waals surface area (Å²) < 4.78 is 59.4. The van der Waals surface area contributed by atoms with E-state index in [0.29, 0.717) is 29.7 Å². The predicted octanol–water partition coefficient (Wildman–Crippen LogP) is 3.11. The lowest BCUT2D eigenvalue weighted by molar-refractivity contribution is 0.255. The fourth-order valence-electron chi connectivity index (χ4n) is 4.89. The third-order valence-electron chi connectivity index (χ3n) is 6.52. The molecule has 0 bridgehead atoms. The van der Waals surface area contributed by atoms with Crippen LogP contribution in [0.5, 0.6) is 0 Å². The molecule has 1 aliphatic carbocycles. The lowest BCUT2D eigenvalue weighted by Crippen LogP contribution is -2.42. The summed E-state index contributed by atoms with van der Waals surface area (Å²) in [6.07, 6.45) is 4.95. The molecule has 11 heteroatoms. The van der Waals surface area contributed by atoms with Crippen LogP contribution in [0.2, 0.25) is 0 Å². The Morgan fingerprint density at radius 1 is 1.09 bits per heavy atom. The van der Waals surface area contributed by atoms with Gasteiger partial charge in [-0.25, -0.2) is 22.4 Å². The second kappa shape index (κ2) is 8.69. The van der Waals surface area contributed by atoms with Crippen molar-refractivity contribution in [3.63, 3.8) is 0 Å². The topological polar surface area (TPSA) is 122 Å². The Balaban J connectivity index is 1.64. The molecular weight excluding hydrogens is 464 g/mol. The summed E-state index contributed by atoms with van der Waals surface area (Å²) >= 11 is 0. The maximum absolute atomic E-state index is 13.2. The Morgan fingerprint density at radius 3 is 2.42 bits per heavy atom. The molecule has 3 aromatic rings. The Bertz CT molecular complexity index is 1370. The summed E-state index contributed by atoms with van der Waals surface area (Å²) in [6.45, 7) is 3.96. The minimum atomic E-state index is -4.00. The number of anilines is 1. The van der Waals surface area contributed by atoms with Crippen molar-refractivity contribution in [1.29, 1.82) is 0 Å². The Kier molecular flexibility index (Phi) is 6.23. The molecule has 0 unspecified atom stereocenters. The Morgan fingerprint density at radius 2 is 1.79 bits per heavy atom. The van der Waals surface area contributed by atoms with Gasteiger partial charge in [-0.05, 0) is 56.2 Å². The SMILES string of the molecule is Cc1ccc(S(=O)(=O)n2ccc3c(N(C)[C@@H]4CC[C@@H](CS(=O)(=O)O)C[C@@H]4C)ncnc32)cc1. The highest BCUT2D eigenvalue weighted by molar-refractivity contribution is 7.90. The molecule has 0 radical (unpaired) electrons. The van der Waals surface area contributed by atoms with E-state index in [1.807, 2.05) is 18.9 Å². The fraction of sp³-hybridized carbons (Fsp3) is 0.455. The van der Waals surface area contributed by atoms with Gasteiger partial charge in [0, 0.05) is 19.3 Å². The van der Waals surface area contributed by atoms with Gasteiger partial charge in [-0.2, -0.15) is 8.42 Å². The molecule has 1 aromatic carbocycles. The number of rotatable bonds is 6. The maximum Gasteiger partial charge on any atom is 0.269 e. The van der Waals surface area contributed by atoms with Crippen LogP contribution in [-0.2, 0) is 20.1 Å². The van der Waals surface area contributed by atoms with Crippen LogP contribution in [-0.4, -0.2) is 54.2 Å². The van der Waals surface area contributed by atoms with E-state index in [1.54, 1.807) is 30.3 Å². The number of fused-ring (bicyclic) bond motifs is 1. The number of nitrogens with zero attached hydrogens (tertiary/aromatic N) is 4. The van der Waals surface area contributed by atoms with Gasteiger partial charge in [0.05, 0.1) is 16.0 Å². The van der Waals surface area contributed by atoms with Crippen molar-refractivity contribution in [3.05, 3.63) is 48.4 Å². The monoisotopic (exact) mass is 492 g/mol. The summed E-state index contributed by atoms with van der Waals surface area (Å²) in [7, 11) is -5.90. The van der Waals surface area contributed by atoms with Crippen molar-refractivity contribution < 1.29 is 21.4 Å². The fourth-order valence-corrected chi connectivity index (χ4v) is 7.09. The first-order valence-corrected chi connectivity index (χ1v) is 13.8. The zero-order chi connectivity index (χ0) is 24.0. The lowest BCUT2D eigenvalue weighted by Gasteiger charge is -2.40. The quantitative estimate of drug-likeness (QED) is 0.521. The molecule has 2 aromatic heterocycles. The summed E-state index contributed by atoms with van der Waals surface area (Å²) in [5.74, 6) is 0.498. The molecule has 1 saturated carbocycles. The van der Waals surface area contributed by atoms with E-state index in [2.05, 4.69) is 16.9 Å². The minimum absolute atomic E-state index is 0.0780. The van der Waals surface area contributed by atoms with Crippen molar-refractivity contribution in [2.24, 2.45) is 11.8 Å². The van der Waals surface area contributed by atoms with Gasteiger partial charge in [-0.3, -0.25) is 4.55 Å². The molecule has 4 rings (SSSR count). The van der Waals surface area contributed by atoms with Gasteiger partial charge in [0.1, 0.15) is 12.1 Å². The van der Waals surface area contributed by atoms with E-state index < -0.39 is 20.1 Å². The van der Waals surface area contributed by atoms with Crippen LogP contribution in [0.4, 0.5) is 5.82 Å². The molecule has 1 aliphatic rings. The van der Waals surface area contributed by atoms with Crippen molar-refractivity contribution >= 4 is 37.0 Å². The number of aryl methyl sites for hydroxylation is 1. The first-order valence-electron chi connectivity index (χ1n) is 10.8. The van der Waals surface area contributed by atoms with Crippen molar-refractivity contribution in [2.75, 3.05) is 17.7 Å². The van der Waals surface area contributed by atoms with E-state index in [-0.39, 0.29) is 28.5 Å². The minimum Gasteiger partial charge on any atom is -0.356 e. The Labute approximate surface area is 194 Å². The molecule has 0 amide bonds. The number of aromatic nitrogens is 3. The molecule has 33 heavy (non-hydrogen) atoms. The van der Waals surface area contributed by atoms with Crippen LogP contribution in [0.15, 0.2) is 47.8 Å². The summed E-state index contributed by atoms with van der Waals surface area (Å²) in [5.41, 5.74) is 1.28. The molecule has 0 aliphatic heterocycles. The van der Waals surface area contributed by atoms with Gasteiger partial charge >= 0.3 is 0 Å². The van der Waals surface area contributed by atoms with E-state index in [4.69, 9.17) is 0 Å². The van der Waals surface area contributed by atoms with Gasteiger partial charge in [0.25, 0.3) is 20.1 Å². The molecule has 0 saturated heterocycles. The van der Waals surface area contributed by atoms with E-state index in [9.17, 15) is 21.4 Å². The smallest absolute Gasteiger partial charge is 0.269 e. The zero-order valence-electron chi connectivity index (χ0n) is 18.8. The van der Waals surface area contributed by atoms with Crippen LogP contribution < -0.4 is 4.90 Å². The molecule has 9 nitrogen and oxygen atoms in total. The van der Waals surface area contributed by atoms with Crippen LogP contribution >= 0.6 is 0 Å². The maximum atomic E-state index is 13.2. The predicted molar refractivity (Wildman–Crippen MR) is 126 cm³/mol. The lowest BCUT2D eigenvalue weighted by atomic mass is 9.79. The normalized spacial score (nSPS) is 21.9. The molecule has 178 valence electrons. The molecule has 2 heterocycles. The third kappa shape index (κ3) is 4.75. The van der Waals surface area contributed by atoms with Gasteiger partial charge in [-0.15, -0.1) is 0 Å². The average molecular weight is 493 g/mol. The van der Waals surface area contributed by atoms with Gasteiger partial charge < -0.3 is 4.90 Å². The molecule has 1 fully saturated rings.